The summed E-state index contributed by atoms with van der Waals surface area (Å²) in [6.45, 7) is 4.27. The summed E-state index contributed by atoms with van der Waals surface area (Å²) in [5, 5.41) is 0. The lowest BCUT2D eigenvalue weighted by Crippen LogP contribution is -1.81. The van der Waals surface area contributed by atoms with Gasteiger partial charge < -0.3 is 0 Å². The third-order valence-corrected chi connectivity index (χ3v) is 3.34. The van der Waals surface area contributed by atoms with Gasteiger partial charge in [-0.2, -0.15) is 4.89 Å². The molecule has 0 aromatic heterocycles. The van der Waals surface area contributed by atoms with Gasteiger partial charge in [0.25, 0.3) is 0 Å². The van der Waals surface area contributed by atoms with E-state index in [1.54, 1.807) is 0 Å². The standard InChI is InChI=1S/C8H17O2P.C7H8/c1-2-3-4-5-6-7-8-11(9)10;1-7-5-3-2-4-6-7/h2-8H2,1H3;2-6H,1H3/p+1. The SMILES string of the molecule is CCCCCCCC[P+](=O)O.Cc1ccccc1. The first-order chi connectivity index (χ1) is 8.66. The molecular formula is C15H26O2P+. The first-order valence-corrected chi connectivity index (χ1v) is 8.21. The third-order valence-electron chi connectivity index (χ3n) is 2.64. The highest BCUT2D eigenvalue weighted by atomic mass is 31.1. The second-order valence-electron chi connectivity index (χ2n) is 4.50. The molecule has 3 heteroatoms. The molecule has 1 aromatic rings. The Balaban J connectivity index is 0.000000351. The zero-order chi connectivity index (χ0) is 13.6. The molecule has 0 saturated heterocycles. The van der Waals surface area contributed by atoms with Gasteiger partial charge in [0.15, 0.2) is 6.16 Å². The van der Waals surface area contributed by atoms with Crippen molar-refractivity contribution in [3.8, 4) is 0 Å². The molecular weight excluding hydrogens is 243 g/mol. The summed E-state index contributed by atoms with van der Waals surface area (Å²) in [6, 6.07) is 10.3. The van der Waals surface area contributed by atoms with Crippen molar-refractivity contribution in [3.05, 3.63) is 35.9 Å². The van der Waals surface area contributed by atoms with Gasteiger partial charge in [-0.05, 0) is 24.3 Å². The summed E-state index contributed by atoms with van der Waals surface area (Å²) in [5.74, 6) is 0. The number of hydrogen-bond acceptors (Lipinski definition) is 1. The third kappa shape index (κ3) is 13.3. The monoisotopic (exact) mass is 269 g/mol. The molecule has 0 aliphatic carbocycles. The number of unbranched alkanes of at least 4 members (excludes halogenated alkanes) is 5. The lowest BCUT2D eigenvalue weighted by Gasteiger charge is -1.94. The van der Waals surface area contributed by atoms with Crippen LogP contribution in [0.1, 0.15) is 51.0 Å². The Morgan fingerprint density at radius 3 is 2.00 bits per heavy atom. The minimum Gasteiger partial charge on any atom is -0.161 e. The second-order valence-corrected chi connectivity index (χ2v) is 5.65. The Morgan fingerprint density at radius 2 is 1.56 bits per heavy atom. The largest absolute Gasteiger partial charge is 0.505 e. The molecule has 0 aliphatic heterocycles. The van der Waals surface area contributed by atoms with Crippen molar-refractivity contribution in [2.75, 3.05) is 6.16 Å². The fourth-order valence-electron chi connectivity index (χ4n) is 1.56. The summed E-state index contributed by atoms with van der Waals surface area (Å²) in [4.78, 5) is 8.46. The summed E-state index contributed by atoms with van der Waals surface area (Å²) in [6.07, 6.45) is 7.56. The van der Waals surface area contributed by atoms with Crippen LogP contribution in [-0.2, 0) is 4.57 Å². The number of benzene rings is 1. The molecule has 0 amide bonds. The van der Waals surface area contributed by atoms with Crippen LogP contribution in [0.15, 0.2) is 30.3 Å². The minimum absolute atomic E-state index is 0.488. The van der Waals surface area contributed by atoms with Crippen LogP contribution in [0.4, 0.5) is 0 Å². The molecule has 1 rings (SSSR count). The van der Waals surface area contributed by atoms with Crippen molar-refractivity contribution in [1.82, 2.24) is 0 Å². The lowest BCUT2D eigenvalue weighted by molar-refractivity contribution is 0.498. The van der Waals surface area contributed by atoms with Crippen LogP contribution in [0.25, 0.3) is 0 Å². The van der Waals surface area contributed by atoms with Crippen LogP contribution >= 0.6 is 8.03 Å². The summed E-state index contributed by atoms with van der Waals surface area (Å²) >= 11 is 0. The van der Waals surface area contributed by atoms with Gasteiger partial charge in [-0.1, -0.05) is 68.5 Å². The molecule has 0 aliphatic rings. The Bertz CT molecular complexity index is 299. The van der Waals surface area contributed by atoms with Crippen LogP contribution in [0.5, 0.6) is 0 Å². The van der Waals surface area contributed by atoms with E-state index in [4.69, 9.17) is 4.89 Å². The molecule has 0 radical (unpaired) electrons. The van der Waals surface area contributed by atoms with Crippen LogP contribution in [0.2, 0.25) is 0 Å². The Hall–Kier alpha value is -0.720. The lowest BCUT2D eigenvalue weighted by atomic mass is 10.1. The summed E-state index contributed by atoms with van der Waals surface area (Å²) in [5.41, 5.74) is 1.32. The molecule has 1 aromatic carbocycles. The van der Waals surface area contributed by atoms with Gasteiger partial charge >= 0.3 is 8.03 Å². The molecule has 0 bridgehead atoms. The number of hydrogen-bond donors (Lipinski definition) is 1. The van der Waals surface area contributed by atoms with E-state index in [-0.39, 0.29) is 0 Å². The molecule has 0 spiro atoms. The Labute approximate surface area is 112 Å². The van der Waals surface area contributed by atoms with Crippen molar-refractivity contribution in [2.45, 2.75) is 52.4 Å². The van der Waals surface area contributed by atoms with Crippen molar-refractivity contribution in [2.24, 2.45) is 0 Å². The van der Waals surface area contributed by atoms with Gasteiger partial charge in [0.2, 0.25) is 0 Å². The van der Waals surface area contributed by atoms with Crippen LogP contribution < -0.4 is 0 Å². The van der Waals surface area contributed by atoms with Crippen molar-refractivity contribution >= 4 is 8.03 Å². The van der Waals surface area contributed by atoms with E-state index in [0.717, 1.165) is 12.8 Å². The van der Waals surface area contributed by atoms with Gasteiger partial charge in [0, 0.05) is 0 Å². The van der Waals surface area contributed by atoms with Crippen molar-refractivity contribution in [1.29, 1.82) is 0 Å². The fourth-order valence-corrected chi connectivity index (χ4v) is 2.06. The van der Waals surface area contributed by atoms with Crippen molar-refractivity contribution < 1.29 is 9.46 Å². The molecule has 1 atom stereocenters. The van der Waals surface area contributed by atoms with Crippen LogP contribution in [-0.4, -0.2) is 11.1 Å². The summed E-state index contributed by atoms with van der Waals surface area (Å²) in [7, 11) is -1.87. The maximum atomic E-state index is 10.2. The van der Waals surface area contributed by atoms with E-state index in [0.29, 0.717) is 6.16 Å². The van der Waals surface area contributed by atoms with Gasteiger partial charge in [0.05, 0.1) is 0 Å². The quantitative estimate of drug-likeness (QED) is 0.554. The highest BCUT2D eigenvalue weighted by Gasteiger charge is 2.07. The minimum atomic E-state index is -1.87. The van der Waals surface area contributed by atoms with Gasteiger partial charge in [-0.15, -0.1) is 0 Å². The highest BCUT2D eigenvalue weighted by Crippen LogP contribution is 2.16. The fraction of sp³-hybridized carbons (Fsp3) is 0.600. The molecule has 102 valence electrons. The second kappa shape index (κ2) is 12.7. The predicted molar refractivity (Wildman–Crippen MR) is 79.2 cm³/mol. The zero-order valence-corrected chi connectivity index (χ0v) is 12.5. The van der Waals surface area contributed by atoms with E-state index >= 15 is 0 Å². The smallest absolute Gasteiger partial charge is 0.161 e. The molecule has 2 nitrogen and oxygen atoms in total. The Kier molecular flexibility index (Phi) is 12.2. The topological polar surface area (TPSA) is 37.3 Å². The van der Waals surface area contributed by atoms with Crippen LogP contribution in [0.3, 0.4) is 0 Å². The number of rotatable bonds is 7. The van der Waals surface area contributed by atoms with E-state index in [1.165, 1.54) is 31.2 Å². The van der Waals surface area contributed by atoms with Crippen molar-refractivity contribution in [3.63, 3.8) is 0 Å². The molecule has 0 heterocycles. The molecule has 1 N–H and O–H groups in total. The molecule has 0 fully saturated rings. The van der Waals surface area contributed by atoms with E-state index in [9.17, 15) is 4.57 Å². The Morgan fingerprint density at radius 1 is 1.00 bits per heavy atom. The van der Waals surface area contributed by atoms with Gasteiger partial charge in [-0.3, -0.25) is 0 Å². The first kappa shape index (κ1) is 17.3. The maximum absolute atomic E-state index is 10.2. The van der Waals surface area contributed by atoms with Gasteiger partial charge in [0.1, 0.15) is 0 Å². The maximum Gasteiger partial charge on any atom is 0.505 e. The van der Waals surface area contributed by atoms with Crippen LogP contribution in [0, 0.1) is 6.92 Å². The average Bonchev–Trinajstić information content (AvgIpc) is 2.35. The average molecular weight is 269 g/mol. The molecule has 0 saturated carbocycles. The number of aryl methyl sites for hydroxylation is 1. The summed E-state index contributed by atoms with van der Waals surface area (Å²) < 4.78 is 10.2. The molecule has 1 unspecified atom stereocenters. The zero-order valence-electron chi connectivity index (χ0n) is 11.6. The highest BCUT2D eigenvalue weighted by molar-refractivity contribution is 7.37. The van der Waals surface area contributed by atoms with E-state index in [2.05, 4.69) is 26.0 Å². The van der Waals surface area contributed by atoms with E-state index < -0.39 is 8.03 Å². The normalized spacial score (nSPS) is 10.5. The van der Waals surface area contributed by atoms with Gasteiger partial charge in [-0.25, -0.2) is 0 Å². The first-order valence-electron chi connectivity index (χ1n) is 6.82. The molecule has 18 heavy (non-hydrogen) atoms. The predicted octanol–water partition coefficient (Wildman–Crippen LogP) is 5.08. The van der Waals surface area contributed by atoms with E-state index in [1.807, 2.05) is 18.2 Å².